The third kappa shape index (κ3) is 4.03. The van der Waals surface area contributed by atoms with Gasteiger partial charge in [0.2, 0.25) is 5.91 Å². The number of alkyl carbamates (subject to hydrolysis) is 1. The zero-order chi connectivity index (χ0) is 17.0. The third-order valence-corrected chi connectivity index (χ3v) is 4.36. The maximum atomic E-state index is 13.1. The van der Waals surface area contributed by atoms with Gasteiger partial charge >= 0.3 is 6.09 Å². The molecule has 0 radical (unpaired) electrons. The van der Waals surface area contributed by atoms with Gasteiger partial charge in [-0.25, -0.2) is 4.79 Å². The minimum absolute atomic E-state index is 0.0126. The topological polar surface area (TPSA) is 58.6 Å². The van der Waals surface area contributed by atoms with Crippen molar-refractivity contribution in [3.63, 3.8) is 0 Å². The molecular formula is C18H26N2O3. The van der Waals surface area contributed by atoms with Gasteiger partial charge in [-0.15, -0.1) is 0 Å². The molecule has 0 aliphatic carbocycles. The summed E-state index contributed by atoms with van der Waals surface area (Å²) in [5.41, 5.74) is 0.779. The van der Waals surface area contributed by atoms with Crippen molar-refractivity contribution in [2.24, 2.45) is 5.41 Å². The Balaban J connectivity index is 2.28. The molecule has 1 aliphatic rings. The average molecular weight is 318 g/mol. The molecular weight excluding hydrogens is 292 g/mol. The number of benzene rings is 1. The van der Waals surface area contributed by atoms with Crippen LogP contribution in [0.5, 0.6) is 0 Å². The fourth-order valence-corrected chi connectivity index (χ4v) is 3.21. The first-order chi connectivity index (χ1) is 10.8. The highest BCUT2D eigenvalue weighted by Gasteiger charge is 2.40. The molecule has 1 N–H and O–H groups in total. The predicted octanol–water partition coefficient (Wildman–Crippen LogP) is 3.12. The normalized spacial score (nSPS) is 19.3. The second-order valence-electron chi connectivity index (χ2n) is 7.04. The van der Waals surface area contributed by atoms with E-state index in [4.69, 9.17) is 0 Å². The van der Waals surface area contributed by atoms with Gasteiger partial charge in [0, 0.05) is 12.6 Å². The summed E-state index contributed by atoms with van der Waals surface area (Å²) in [7, 11) is 1.30. The highest BCUT2D eigenvalue weighted by molar-refractivity contribution is 5.87. The highest BCUT2D eigenvalue weighted by atomic mass is 16.5. The summed E-state index contributed by atoms with van der Waals surface area (Å²) >= 11 is 0. The van der Waals surface area contributed by atoms with E-state index in [1.165, 1.54) is 7.11 Å². The van der Waals surface area contributed by atoms with Gasteiger partial charge in [0.1, 0.15) is 6.04 Å². The summed E-state index contributed by atoms with van der Waals surface area (Å²) in [5.74, 6) is -0.0703. The van der Waals surface area contributed by atoms with Gasteiger partial charge in [0.15, 0.2) is 0 Å². The molecule has 1 unspecified atom stereocenters. The largest absolute Gasteiger partial charge is 0.453 e. The lowest BCUT2D eigenvalue weighted by Crippen LogP contribution is -2.48. The van der Waals surface area contributed by atoms with E-state index in [2.05, 4.69) is 30.8 Å². The van der Waals surface area contributed by atoms with Crippen LogP contribution in [0.2, 0.25) is 0 Å². The molecule has 0 bridgehead atoms. The van der Waals surface area contributed by atoms with Crippen LogP contribution < -0.4 is 5.32 Å². The van der Waals surface area contributed by atoms with Crippen LogP contribution in [0.1, 0.15) is 45.2 Å². The van der Waals surface area contributed by atoms with Crippen LogP contribution in [-0.4, -0.2) is 36.6 Å². The number of hydrogen-bond acceptors (Lipinski definition) is 3. The van der Waals surface area contributed by atoms with Crippen LogP contribution in [-0.2, 0) is 9.53 Å². The summed E-state index contributed by atoms with van der Waals surface area (Å²) in [5, 5.41) is 2.68. The third-order valence-electron chi connectivity index (χ3n) is 4.36. The molecule has 0 saturated carbocycles. The van der Waals surface area contributed by atoms with Gasteiger partial charge in [-0.1, -0.05) is 51.1 Å². The van der Waals surface area contributed by atoms with Gasteiger partial charge in [0.25, 0.3) is 0 Å². The van der Waals surface area contributed by atoms with Crippen molar-refractivity contribution in [2.45, 2.75) is 45.7 Å². The number of amides is 2. The molecule has 1 aliphatic heterocycles. The smallest absolute Gasteiger partial charge is 0.407 e. The Hall–Kier alpha value is -2.04. The van der Waals surface area contributed by atoms with Crippen LogP contribution in [0.4, 0.5) is 4.79 Å². The number of rotatable bonds is 3. The van der Waals surface area contributed by atoms with E-state index < -0.39 is 12.1 Å². The van der Waals surface area contributed by atoms with Crippen molar-refractivity contribution in [3.05, 3.63) is 35.9 Å². The van der Waals surface area contributed by atoms with Crippen molar-refractivity contribution in [1.29, 1.82) is 0 Å². The number of ether oxygens (including phenoxy) is 1. The number of nitrogens with zero attached hydrogens (tertiary/aromatic N) is 1. The lowest BCUT2D eigenvalue weighted by molar-refractivity contribution is -0.136. The monoisotopic (exact) mass is 318 g/mol. The fourth-order valence-electron chi connectivity index (χ4n) is 3.21. The maximum Gasteiger partial charge on any atom is 0.407 e. The van der Waals surface area contributed by atoms with Gasteiger partial charge < -0.3 is 15.0 Å². The lowest BCUT2D eigenvalue weighted by atomic mass is 9.85. The molecule has 1 aromatic rings. The molecule has 1 fully saturated rings. The van der Waals surface area contributed by atoms with Gasteiger partial charge in [-0.05, 0) is 23.8 Å². The summed E-state index contributed by atoms with van der Waals surface area (Å²) in [6, 6.07) is 8.77. The molecule has 1 heterocycles. The highest BCUT2D eigenvalue weighted by Crippen LogP contribution is 2.34. The minimum atomic E-state index is -0.716. The van der Waals surface area contributed by atoms with Crippen molar-refractivity contribution in [1.82, 2.24) is 10.2 Å². The summed E-state index contributed by atoms with van der Waals surface area (Å²) < 4.78 is 4.69. The second kappa shape index (κ2) is 7.02. The standard InChI is InChI=1S/C18H26N2O3/c1-18(2,3)14-11-8-12-20(14)16(21)15(19-17(22)23-4)13-9-6-5-7-10-13/h5-7,9-10,14-15H,8,11-12H2,1-4H3,(H,19,22)/t14?,15-/m0/s1. The van der Waals surface area contributed by atoms with E-state index in [0.29, 0.717) is 0 Å². The first-order valence-corrected chi connectivity index (χ1v) is 8.04. The second-order valence-corrected chi connectivity index (χ2v) is 7.04. The molecule has 0 spiro atoms. The van der Waals surface area contributed by atoms with E-state index in [9.17, 15) is 9.59 Å². The number of nitrogens with one attached hydrogen (secondary N) is 1. The number of carbonyl (C=O) groups is 2. The molecule has 2 rings (SSSR count). The molecule has 1 aromatic carbocycles. The minimum Gasteiger partial charge on any atom is -0.453 e. The fraction of sp³-hybridized carbons (Fsp3) is 0.556. The Labute approximate surface area is 138 Å². The zero-order valence-corrected chi connectivity index (χ0v) is 14.3. The Morgan fingerprint density at radius 3 is 2.48 bits per heavy atom. The number of likely N-dealkylation sites (tertiary alicyclic amines) is 1. The number of carbonyl (C=O) groups excluding carboxylic acids is 2. The summed E-state index contributed by atoms with van der Waals surface area (Å²) in [6.45, 7) is 7.17. The summed E-state index contributed by atoms with van der Waals surface area (Å²) in [4.78, 5) is 26.7. The van der Waals surface area contributed by atoms with Crippen LogP contribution in [0.25, 0.3) is 0 Å². The number of hydrogen-bond donors (Lipinski definition) is 1. The van der Waals surface area contributed by atoms with Crippen molar-refractivity contribution >= 4 is 12.0 Å². The molecule has 23 heavy (non-hydrogen) atoms. The maximum absolute atomic E-state index is 13.1. The van der Waals surface area contributed by atoms with Crippen molar-refractivity contribution in [2.75, 3.05) is 13.7 Å². The molecule has 1 saturated heterocycles. The molecule has 2 amide bonds. The van der Waals surface area contributed by atoms with Gasteiger partial charge in [0.05, 0.1) is 7.11 Å². The molecule has 2 atom stereocenters. The molecule has 5 heteroatoms. The summed E-state index contributed by atoms with van der Waals surface area (Å²) in [6.07, 6.45) is 1.39. The zero-order valence-electron chi connectivity index (χ0n) is 14.3. The van der Waals surface area contributed by atoms with E-state index in [-0.39, 0.29) is 17.4 Å². The van der Waals surface area contributed by atoms with Crippen molar-refractivity contribution < 1.29 is 14.3 Å². The molecule has 126 valence electrons. The lowest BCUT2D eigenvalue weighted by Gasteiger charge is -2.37. The van der Waals surface area contributed by atoms with Gasteiger partial charge in [-0.2, -0.15) is 0 Å². The SMILES string of the molecule is COC(=O)N[C@H](C(=O)N1CCCC1C(C)(C)C)c1ccccc1. The van der Waals surface area contributed by atoms with E-state index >= 15 is 0 Å². The van der Waals surface area contributed by atoms with Crippen LogP contribution in [0.15, 0.2) is 30.3 Å². The molecule has 0 aromatic heterocycles. The predicted molar refractivity (Wildman–Crippen MR) is 88.9 cm³/mol. The Morgan fingerprint density at radius 2 is 1.91 bits per heavy atom. The Kier molecular flexibility index (Phi) is 5.29. The number of methoxy groups -OCH3 is 1. The van der Waals surface area contributed by atoms with E-state index in [1.807, 2.05) is 35.2 Å². The van der Waals surface area contributed by atoms with Crippen LogP contribution in [0, 0.1) is 5.41 Å². The van der Waals surface area contributed by atoms with E-state index in [1.54, 1.807) is 0 Å². The molecule has 5 nitrogen and oxygen atoms in total. The first-order valence-electron chi connectivity index (χ1n) is 8.04. The van der Waals surface area contributed by atoms with Gasteiger partial charge in [-0.3, -0.25) is 4.79 Å². The first kappa shape index (κ1) is 17.3. The van der Waals surface area contributed by atoms with Crippen LogP contribution >= 0.6 is 0 Å². The quantitative estimate of drug-likeness (QED) is 0.931. The Morgan fingerprint density at radius 1 is 1.26 bits per heavy atom. The Bertz CT molecular complexity index is 551. The van der Waals surface area contributed by atoms with Crippen molar-refractivity contribution in [3.8, 4) is 0 Å². The average Bonchev–Trinajstić information content (AvgIpc) is 3.02. The van der Waals surface area contributed by atoms with Crippen LogP contribution in [0.3, 0.4) is 0 Å². The van der Waals surface area contributed by atoms with E-state index in [0.717, 1.165) is 24.9 Å².